The van der Waals surface area contributed by atoms with Crippen LogP contribution in [0.25, 0.3) is 0 Å². The van der Waals surface area contributed by atoms with Crippen molar-refractivity contribution in [3.63, 3.8) is 0 Å². The summed E-state index contributed by atoms with van der Waals surface area (Å²) in [6.45, 7) is 0.616. The summed E-state index contributed by atoms with van der Waals surface area (Å²) in [6.07, 6.45) is 1.16. The summed E-state index contributed by atoms with van der Waals surface area (Å²) in [4.78, 5) is 24.1. The van der Waals surface area contributed by atoms with Crippen molar-refractivity contribution in [2.24, 2.45) is 0 Å². The van der Waals surface area contributed by atoms with Crippen LogP contribution in [0.5, 0.6) is 0 Å². The van der Waals surface area contributed by atoms with Gasteiger partial charge in [-0.15, -0.1) is 0 Å². The molecule has 2 amide bonds. The minimum Gasteiger partial charge on any atom is -0.480 e. The zero-order valence-electron chi connectivity index (χ0n) is 10.3. The number of urea groups is 1. The Morgan fingerprint density at radius 2 is 2.26 bits per heavy atom. The van der Waals surface area contributed by atoms with Crippen molar-refractivity contribution < 1.29 is 19.1 Å². The number of benzene rings is 1. The normalized spacial score (nSPS) is 18.4. The van der Waals surface area contributed by atoms with Gasteiger partial charge in [0.05, 0.1) is 0 Å². The van der Waals surface area contributed by atoms with Gasteiger partial charge in [-0.1, -0.05) is 12.1 Å². The first kappa shape index (κ1) is 13.3. The first-order chi connectivity index (χ1) is 9.08. The first-order valence-electron chi connectivity index (χ1n) is 6.09. The number of carbonyl (C=O) groups excluding carboxylic acids is 1. The summed E-state index contributed by atoms with van der Waals surface area (Å²) < 4.78 is 13.0. The van der Waals surface area contributed by atoms with E-state index in [0.29, 0.717) is 24.9 Å². The Morgan fingerprint density at radius 3 is 2.95 bits per heavy atom. The highest BCUT2D eigenvalue weighted by atomic mass is 19.1. The maximum Gasteiger partial charge on any atom is 0.326 e. The summed E-state index contributed by atoms with van der Waals surface area (Å²) in [6, 6.07) is 4.74. The molecule has 0 aromatic heterocycles. The minimum atomic E-state index is -0.988. The molecule has 2 rings (SSSR count). The molecule has 1 fully saturated rings. The number of aliphatic carboxylic acids is 1. The number of hydrogen-bond donors (Lipinski definition) is 2. The topological polar surface area (TPSA) is 69.6 Å². The fourth-order valence-corrected chi connectivity index (χ4v) is 2.19. The molecule has 1 heterocycles. The van der Waals surface area contributed by atoms with Gasteiger partial charge in [0.1, 0.15) is 11.9 Å². The van der Waals surface area contributed by atoms with E-state index in [2.05, 4.69) is 5.32 Å². The van der Waals surface area contributed by atoms with E-state index in [-0.39, 0.29) is 12.4 Å². The van der Waals surface area contributed by atoms with Crippen LogP contribution < -0.4 is 5.32 Å². The number of carboxylic acid groups (broad SMARTS) is 1. The number of halogens is 1. The molecule has 1 aromatic carbocycles. The third-order valence-electron chi connectivity index (χ3n) is 3.13. The monoisotopic (exact) mass is 266 g/mol. The summed E-state index contributed by atoms with van der Waals surface area (Å²) in [5.74, 6) is -1.35. The predicted molar refractivity (Wildman–Crippen MR) is 66.0 cm³/mol. The van der Waals surface area contributed by atoms with E-state index in [1.54, 1.807) is 12.1 Å². The number of carbonyl (C=O) groups is 2. The molecule has 0 bridgehead atoms. The van der Waals surface area contributed by atoms with Crippen LogP contribution in [0.2, 0.25) is 0 Å². The zero-order valence-corrected chi connectivity index (χ0v) is 10.3. The van der Waals surface area contributed by atoms with Gasteiger partial charge in [0.2, 0.25) is 0 Å². The molecule has 1 aliphatic heterocycles. The van der Waals surface area contributed by atoms with Crippen LogP contribution in [-0.2, 0) is 11.3 Å². The van der Waals surface area contributed by atoms with E-state index in [1.165, 1.54) is 17.0 Å². The lowest BCUT2D eigenvalue weighted by molar-refractivity contribution is -0.141. The SMILES string of the molecule is O=C(O)[C@@H]1CCCN1C(=O)NCc1cccc(F)c1. The van der Waals surface area contributed by atoms with Gasteiger partial charge in [-0.25, -0.2) is 14.0 Å². The molecule has 1 saturated heterocycles. The fraction of sp³-hybridized carbons (Fsp3) is 0.385. The van der Waals surface area contributed by atoms with E-state index >= 15 is 0 Å². The van der Waals surface area contributed by atoms with Gasteiger partial charge in [0.25, 0.3) is 0 Å². The zero-order chi connectivity index (χ0) is 13.8. The summed E-state index contributed by atoms with van der Waals surface area (Å²) in [5.41, 5.74) is 0.638. The predicted octanol–water partition coefficient (Wildman–Crippen LogP) is 1.58. The van der Waals surface area contributed by atoms with Gasteiger partial charge in [-0.3, -0.25) is 0 Å². The van der Waals surface area contributed by atoms with Crippen molar-refractivity contribution in [2.45, 2.75) is 25.4 Å². The maximum absolute atomic E-state index is 13.0. The number of nitrogens with zero attached hydrogens (tertiary/aromatic N) is 1. The van der Waals surface area contributed by atoms with E-state index in [9.17, 15) is 14.0 Å². The Kier molecular flexibility index (Phi) is 3.99. The first-order valence-corrected chi connectivity index (χ1v) is 6.09. The highest BCUT2D eigenvalue weighted by Gasteiger charge is 2.33. The van der Waals surface area contributed by atoms with Gasteiger partial charge < -0.3 is 15.3 Å². The lowest BCUT2D eigenvalue weighted by Crippen LogP contribution is -2.45. The smallest absolute Gasteiger partial charge is 0.326 e. The summed E-state index contributed by atoms with van der Waals surface area (Å²) >= 11 is 0. The highest BCUT2D eigenvalue weighted by molar-refractivity contribution is 5.83. The second-order valence-corrected chi connectivity index (χ2v) is 4.48. The number of carboxylic acids is 1. The van der Waals surface area contributed by atoms with Crippen LogP contribution in [0.1, 0.15) is 18.4 Å². The average Bonchev–Trinajstić information content (AvgIpc) is 2.85. The van der Waals surface area contributed by atoms with E-state index in [0.717, 1.165) is 0 Å². The Balaban J connectivity index is 1.92. The Labute approximate surface area is 110 Å². The van der Waals surface area contributed by atoms with Gasteiger partial charge in [-0.2, -0.15) is 0 Å². The molecule has 0 saturated carbocycles. The second-order valence-electron chi connectivity index (χ2n) is 4.48. The Bertz CT molecular complexity index is 493. The lowest BCUT2D eigenvalue weighted by atomic mass is 10.2. The van der Waals surface area contributed by atoms with Crippen molar-refractivity contribution in [3.05, 3.63) is 35.6 Å². The molecular formula is C13H15FN2O3. The molecule has 5 nitrogen and oxygen atoms in total. The number of rotatable bonds is 3. The van der Waals surface area contributed by atoms with Gasteiger partial charge in [0, 0.05) is 13.1 Å². The molecule has 0 radical (unpaired) electrons. The van der Waals surface area contributed by atoms with Crippen molar-refractivity contribution in [1.82, 2.24) is 10.2 Å². The lowest BCUT2D eigenvalue weighted by Gasteiger charge is -2.21. The molecule has 0 aliphatic carbocycles. The van der Waals surface area contributed by atoms with Crippen LogP contribution in [-0.4, -0.2) is 34.6 Å². The molecule has 6 heteroatoms. The summed E-state index contributed by atoms with van der Waals surface area (Å²) in [5, 5.41) is 11.6. The fourth-order valence-electron chi connectivity index (χ4n) is 2.19. The van der Waals surface area contributed by atoms with Crippen LogP contribution in [0.4, 0.5) is 9.18 Å². The highest BCUT2D eigenvalue weighted by Crippen LogP contribution is 2.17. The molecule has 1 atom stereocenters. The van der Waals surface area contributed by atoms with E-state index < -0.39 is 18.0 Å². The van der Waals surface area contributed by atoms with Gasteiger partial charge in [0.15, 0.2) is 0 Å². The quantitative estimate of drug-likeness (QED) is 0.872. The van der Waals surface area contributed by atoms with Gasteiger partial charge >= 0.3 is 12.0 Å². The van der Waals surface area contributed by atoms with Crippen molar-refractivity contribution >= 4 is 12.0 Å². The second kappa shape index (κ2) is 5.69. The molecule has 0 spiro atoms. The largest absolute Gasteiger partial charge is 0.480 e. The maximum atomic E-state index is 13.0. The molecule has 2 N–H and O–H groups in total. The van der Waals surface area contributed by atoms with Crippen molar-refractivity contribution in [3.8, 4) is 0 Å². The summed E-state index contributed by atoms with van der Waals surface area (Å²) in [7, 11) is 0. The van der Waals surface area contributed by atoms with Crippen molar-refractivity contribution in [2.75, 3.05) is 6.54 Å². The van der Waals surface area contributed by atoms with E-state index in [4.69, 9.17) is 5.11 Å². The number of amides is 2. The molecule has 0 unspecified atom stereocenters. The standard InChI is InChI=1S/C13H15FN2O3/c14-10-4-1-3-9(7-10)8-15-13(19)16-6-2-5-11(16)12(17)18/h1,3-4,7,11H,2,5-6,8H2,(H,15,19)(H,17,18)/t11-/m0/s1. The Morgan fingerprint density at radius 1 is 1.47 bits per heavy atom. The Hall–Kier alpha value is -2.11. The minimum absolute atomic E-state index is 0.180. The third-order valence-corrected chi connectivity index (χ3v) is 3.13. The third kappa shape index (κ3) is 3.21. The number of nitrogens with one attached hydrogen (secondary N) is 1. The molecule has 19 heavy (non-hydrogen) atoms. The number of hydrogen-bond acceptors (Lipinski definition) is 2. The van der Waals surface area contributed by atoms with Gasteiger partial charge in [-0.05, 0) is 30.5 Å². The van der Waals surface area contributed by atoms with Crippen LogP contribution in [0.3, 0.4) is 0 Å². The molecular weight excluding hydrogens is 251 g/mol. The molecule has 102 valence electrons. The van der Waals surface area contributed by atoms with Crippen LogP contribution in [0, 0.1) is 5.82 Å². The van der Waals surface area contributed by atoms with Crippen LogP contribution >= 0.6 is 0 Å². The number of likely N-dealkylation sites (tertiary alicyclic amines) is 1. The average molecular weight is 266 g/mol. The van der Waals surface area contributed by atoms with Crippen molar-refractivity contribution in [1.29, 1.82) is 0 Å². The molecule has 1 aromatic rings. The molecule has 1 aliphatic rings. The van der Waals surface area contributed by atoms with E-state index in [1.807, 2.05) is 0 Å². The van der Waals surface area contributed by atoms with Crippen LogP contribution in [0.15, 0.2) is 24.3 Å².